The van der Waals surface area contributed by atoms with Crippen molar-refractivity contribution in [3.63, 3.8) is 0 Å². The van der Waals surface area contributed by atoms with Gasteiger partial charge in [0, 0.05) is 43.2 Å². The van der Waals surface area contributed by atoms with Crippen molar-refractivity contribution in [2.24, 2.45) is 0 Å². The van der Waals surface area contributed by atoms with E-state index < -0.39 is 0 Å². The summed E-state index contributed by atoms with van der Waals surface area (Å²) in [5.41, 5.74) is 1.38. The molecule has 1 aromatic carbocycles. The maximum atomic E-state index is 11.8. The van der Waals surface area contributed by atoms with Crippen molar-refractivity contribution in [1.82, 2.24) is 9.88 Å². The lowest BCUT2D eigenvalue weighted by Crippen LogP contribution is -2.22. The molecule has 0 bridgehead atoms. The molecule has 1 N–H and O–H groups in total. The Bertz CT molecular complexity index is 587. The van der Waals surface area contributed by atoms with Crippen LogP contribution < -0.4 is 5.32 Å². The molecule has 1 heterocycles. The molecule has 1 amide bonds. The van der Waals surface area contributed by atoms with Crippen molar-refractivity contribution in [2.75, 3.05) is 31.7 Å². The molecule has 0 atom stereocenters. The third-order valence-corrected chi connectivity index (χ3v) is 3.84. The molecule has 1 aromatic heterocycles. The van der Waals surface area contributed by atoms with Crippen LogP contribution in [-0.4, -0.2) is 42.2 Å². The second-order valence-corrected chi connectivity index (χ2v) is 5.89. The zero-order valence-corrected chi connectivity index (χ0v) is 13.1. The minimum atomic E-state index is -0.0858. The number of carbonyl (C=O) groups is 1. The Hall–Kier alpha value is -2.01. The van der Waals surface area contributed by atoms with Crippen LogP contribution in [0.15, 0.2) is 53.6 Å². The number of carbonyl (C=O) groups excluding carboxylic acids is 1. The van der Waals surface area contributed by atoms with Gasteiger partial charge in [0.25, 0.3) is 5.91 Å². The van der Waals surface area contributed by atoms with Crippen LogP contribution >= 0.6 is 11.8 Å². The van der Waals surface area contributed by atoms with Crippen LogP contribution in [0.5, 0.6) is 0 Å². The van der Waals surface area contributed by atoms with Crippen LogP contribution in [0.4, 0.5) is 5.69 Å². The molecule has 110 valence electrons. The maximum Gasteiger partial charge on any atom is 0.272 e. The first-order chi connectivity index (χ1) is 10.2. The molecule has 4 nitrogen and oxygen atoms in total. The summed E-state index contributed by atoms with van der Waals surface area (Å²) in [5, 5.41) is 3.32. The van der Waals surface area contributed by atoms with Gasteiger partial charge in [-0.1, -0.05) is 18.2 Å². The van der Waals surface area contributed by atoms with Crippen LogP contribution in [0, 0.1) is 0 Å². The maximum absolute atomic E-state index is 11.8. The van der Waals surface area contributed by atoms with E-state index in [4.69, 9.17) is 0 Å². The molecule has 0 saturated heterocycles. The molecule has 5 heteroatoms. The molecule has 21 heavy (non-hydrogen) atoms. The Morgan fingerprint density at radius 2 is 2.00 bits per heavy atom. The van der Waals surface area contributed by atoms with Crippen molar-refractivity contribution in [3.05, 3.63) is 54.4 Å². The molecule has 0 fully saturated rings. The van der Waals surface area contributed by atoms with E-state index in [1.54, 1.807) is 38.1 Å². The number of pyridine rings is 1. The van der Waals surface area contributed by atoms with Crippen molar-refractivity contribution >= 4 is 23.4 Å². The van der Waals surface area contributed by atoms with Gasteiger partial charge in [-0.2, -0.15) is 0 Å². The van der Waals surface area contributed by atoms with E-state index in [0.29, 0.717) is 5.69 Å². The lowest BCUT2D eigenvalue weighted by Gasteiger charge is -2.11. The van der Waals surface area contributed by atoms with E-state index in [0.717, 1.165) is 18.0 Å². The SMILES string of the molecule is CN(C)C(=O)c1cc(NCCSc2ccccc2)ccn1. The quantitative estimate of drug-likeness (QED) is 0.658. The summed E-state index contributed by atoms with van der Waals surface area (Å²) in [4.78, 5) is 18.7. The Morgan fingerprint density at radius 3 is 2.71 bits per heavy atom. The summed E-state index contributed by atoms with van der Waals surface area (Å²) >= 11 is 1.80. The number of anilines is 1. The highest BCUT2D eigenvalue weighted by molar-refractivity contribution is 7.99. The van der Waals surface area contributed by atoms with Crippen LogP contribution in [-0.2, 0) is 0 Å². The first kappa shape index (κ1) is 15.4. The fraction of sp³-hybridized carbons (Fsp3) is 0.250. The Kier molecular flexibility index (Phi) is 5.63. The fourth-order valence-electron chi connectivity index (χ4n) is 1.77. The van der Waals surface area contributed by atoms with Gasteiger partial charge < -0.3 is 10.2 Å². The monoisotopic (exact) mass is 301 g/mol. The highest BCUT2D eigenvalue weighted by Crippen LogP contribution is 2.17. The summed E-state index contributed by atoms with van der Waals surface area (Å²) < 4.78 is 0. The number of thioether (sulfide) groups is 1. The van der Waals surface area contributed by atoms with Gasteiger partial charge in [-0.3, -0.25) is 9.78 Å². The van der Waals surface area contributed by atoms with Gasteiger partial charge >= 0.3 is 0 Å². The largest absolute Gasteiger partial charge is 0.384 e. The lowest BCUT2D eigenvalue weighted by atomic mass is 10.3. The van der Waals surface area contributed by atoms with E-state index in [1.807, 2.05) is 24.3 Å². The van der Waals surface area contributed by atoms with Gasteiger partial charge in [0.05, 0.1) is 0 Å². The number of amides is 1. The molecule has 0 aliphatic rings. The number of benzene rings is 1. The van der Waals surface area contributed by atoms with Crippen LogP contribution in [0.3, 0.4) is 0 Å². The molecule has 2 aromatic rings. The third kappa shape index (κ3) is 4.79. The van der Waals surface area contributed by atoms with Gasteiger partial charge in [-0.05, 0) is 24.3 Å². The minimum absolute atomic E-state index is 0.0858. The van der Waals surface area contributed by atoms with Crippen molar-refractivity contribution in [1.29, 1.82) is 0 Å². The van der Waals surface area contributed by atoms with E-state index in [1.165, 1.54) is 9.80 Å². The van der Waals surface area contributed by atoms with Crippen molar-refractivity contribution in [2.45, 2.75) is 4.90 Å². The summed E-state index contributed by atoms with van der Waals surface area (Å²) in [6.45, 7) is 0.833. The zero-order chi connectivity index (χ0) is 15.1. The first-order valence-corrected chi connectivity index (χ1v) is 7.75. The molecular formula is C16H19N3OS. The average Bonchev–Trinajstić information content (AvgIpc) is 2.52. The molecule has 0 saturated carbocycles. The Balaban J connectivity index is 1.83. The highest BCUT2D eigenvalue weighted by Gasteiger charge is 2.09. The summed E-state index contributed by atoms with van der Waals surface area (Å²) in [6, 6.07) is 14.0. The number of nitrogens with one attached hydrogen (secondary N) is 1. The van der Waals surface area contributed by atoms with Crippen LogP contribution in [0.2, 0.25) is 0 Å². The van der Waals surface area contributed by atoms with Gasteiger partial charge in [0.2, 0.25) is 0 Å². The molecule has 0 radical (unpaired) electrons. The fourth-order valence-corrected chi connectivity index (χ4v) is 2.56. The number of aromatic nitrogens is 1. The summed E-state index contributed by atoms with van der Waals surface area (Å²) in [7, 11) is 3.45. The zero-order valence-electron chi connectivity index (χ0n) is 12.2. The van der Waals surface area contributed by atoms with Gasteiger partial charge in [0.1, 0.15) is 5.69 Å². The second-order valence-electron chi connectivity index (χ2n) is 4.72. The topological polar surface area (TPSA) is 45.2 Å². The van der Waals surface area contributed by atoms with Crippen LogP contribution in [0.1, 0.15) is 10.5 Å². The Labute approximate surface area is 129 Å². The minimum Gasteiger partial charge on any atom is -0.384 e. The van der Waals surface area contributed by atoms with Crippen LogP contribution in [0.25, 0.3) is 0 Å². The van der Waals surface area contributed by atoms with Crippen molar-refractivity contribution < 1.29 is 4.79 Å². The normalized spacial score (nSPS) is 10.2. The first-order valence-electron chi connectivity index (χ1n) is 6.76. The highest BCUT2D eigenvalue weighted by atomic mass is 32.2. The molecule has 2 rings (SSSR count). The number of hydrogen-bond acceptors (Lipinski definition) is 4. The van der Waals surface area contributed by atoms with E-state index in [9.17, 15) is 4.79 Å². The summed E-state index contributed by atoms with van der Waals surface area (Å²) in [6.07, 6.45) is 1.66. The van der Waals surface area contributed by atoms with Gasteiger partial charge in [0.15, 0.2) is 0 Å². The number of hydrogen-bond donors (Lipinski definition) is 1. The molecule has 0 aliphatic heterocycles. The molecular weight excluding hydrogens is 282 g/mol. The average molecular weight is 301 g/mol. The summed E-state index contributed by atoms with van der Waals surface area (Å²) in [5.74, 6) is 0.876. The van der Waals surface area contributed by atoms with E-state index in [-0.39, 0.29) is 5.91 Å². The third-order valence-electron chi connectivity index (χ3n) is 2.83. The standard InChI is InChI=1S/C16H19N3OS/c1-19(2)16(20)15-12-13(8-9-18-15)17-10-11-21-14-6-4-3-5-7-14/h3-9,12H,10-11H2,1-2H3,(H,17,18). The molecule has 0 unspecified atom stereocenters. The van der Waals surface area contributed by atoms with E-state index in [2.05, 4.69) is 22.4 Å². The second kappa shape index (κ2) is 7.69. The number of rotatable bonds is 6. The molecule has 0 aliphatic carbocycles. The van der Waals surface area contributed by atoms with E-state index >= 15 is 0 Å². The van der Waals surface area contributed by atoms with Gasteiger partial charge in [-0.15, -0.1) is 11.8 Å². The predicted molar refractivity (Wildman–Crippen MR) is 87.9 cm³/mol. The van der Waals surface area contributed by atoms with Gasteiger partial charge in [-0.25, -0.2) is 0 Å². The number of nitrogens with zero attached hydrogens (tertiary/aromatic N) is 2. The Morgan fingerprint density at radius 1 is 1.24 bits per heavy atom. The lowest BCUT2D eigenvalue weighted by molar-refractivity contribution is 0.0822. The van der Waals surface area contributed by atoms with Crippen molar-refractivity contribution in [3.8, 4) is 0 Å². The molecule has 0 spiro atoms. The predicted octanol–water partition coefficient (Wildman–Crippen LogP) is 2.99. The smallest absolute Gasteiger partial charge is 0.272 e.